The number of rotatable bonds is 6. The van der Waals surface area contributed by atoms with E-state index in [0.717, 1.165) is 10.4 Å². The molecule has 1 N–H and O–H groups in total. The van der Waals surface area contributed by atoms with E-state index in [1.807, 2.05) is 4.90 Å². The maximum absolute atomic E-state index is 12.5. The van der Waals surface area contributed by atoms with Crippen molar-refractivity contribution < 1.29 is 19.4 Å². The Kier molecular flexibility index (Phi) is 6.05. The maximum atomic E-state index is 12.5. The molecular weight excluding hydrogens is 438 g/mol. The highest BCUT2D eigenvalue weighted by Crippen LogP contribution is 2.29. The number of carbonyl (C=O) groups excluding carboxylic acids is 1. The summed E-state index contributed by atoms with van der Waals surface area (Å²) in [7, 11) is 0. The van der Waals surface area contributed by atoms with E-state index in [4.69, 9.17) is 4.74 Å². The van der Waals surface area contributed by atoms with Crippen molar-refractivity contribution in [2.45, 2.75) is 0 Å². The number of hydrogen-bond donors (Lipinski definition) is 1. The summed E-state index contributed by atoms with van der Waals surface area (Å²) in [5.41, 5.74) is 3.53. The van der Waals surface area contributed by atoms with Gasteiger partial charge >= 0.3 is 0 Å². The second-order valence-corrected chi connectivity index (χ2v) is 7.97. The number of carbonyl (C=O) groups is 1. The number of amides is 1. The number of hydrogen-bond acceptors (Lipinski definition) is 9. The number of morpholine rings is 1. The molecule has 164 valence electrons. The summed E-state index contributed by atoms with van der Waals surface area (Å²) in [5, 5.41) is 26.7. The van der Waals surface area contributed by atoms with E-state index >= 15 is 0 Å². The molecule has 1 amide bonds. The fourth-order valence-corrected chi connectivity index (χ4v) is 4.26. The molecule has 1 aliphatic heterocycles. The number of thiophene rings is 1. The van der Waals surface area contributed by atoms with Gasteiger partial charge in [0.25, 0.3) is 17.3 Å². The number of non-ortho nitro benzene ring substituents is 2. The first-order valence-corrected chi connectivity index (χ1v) is 10.4. The lowest BCUT2D eigenvalue weighted by Crippen LogP contribution is -2.36. The minimum atomic E-state index is -0.494. The van der Waals surface area contributed by atoms with Gasteiger partial charge in [-0.3, -0.25) is 25.0 Å². The molecule has 0 bridgehead atoms. The lowest BCUT2D eigenvalue weighted by atomic mass is 10.1. The van der Waals surface area contributed by atoms with Gasteiger partial charge in [-0.05, 0) is 18.2 Å². The Morgan fingerprint density at radius 3 is 2.47 bits per heavy atom. The Hall–Kier alpha value is -3.90. The van der Waals surface area contributed by atoms with Crippen molar-refractivity contribution in [2.24, 2.45) is 5.10 Å². The van der Waals surface area contributed by atoms with Gasteiger partial charge in [-0.15, -0.1) is 11.3 Å². The van der Waals surface area contributed by atoms with Crippen LogP contribution in [0.4, 0.5) is 17.1 Å². The molecule has 0 atom stereocenters. The molecule has 32 heavy (non-hydrogen) atoms. The Labute approximate surface area is 185 Å². The standard InChI is InChI=1S/C20H17N5O6S/c26-20(19-11-13-9-16(25(29)30)2-4-18(13)32-19)22-21-12-14-10-15(24(27)28)1-3-17(14)23-5-7-31-8-6-23/h1-4,9-12H,5-8H2,(H,22,26)/b21-12+. The Bertz CT molecular complexity index is 1230. The van der Waals surface area contributed by atoms with Gasteiger partial charge in [0.2, 0.25) is 0 Å². The van der Waals surface area contributed by atoms with Gasteiger partial charge < -0.3 is 9.64 Å². The van der Waals surface area contributed by atoms with Gasteiger partial charge in [0.1, 0.15) is 0 Å². The Morgan fingerprint density at radius 1 is 1.06 bits per heavy atom. The maximum Gasteiger partial charge on any atom is 0.281 e. The van der Waals surface area contributed by atoms with Gasteiger partial charge in [0, 0.05) is 58.7 Å². The zero-order valence-corrected chi connectivity index (χ0v) is 17.4. The molecule has 1 saturated heterocycles. The van der Waals surface area contributed by atoms with Crippen LogP contribution in [0.3, 0.4) is 0 Å². The molecule has 4 rings (SSSR count). The molecule has 0 spiro atoms. The fraction of sp³-hybridized carbons (Fsp3) is 0.200. The molecule has 11 nitrogen and oxygen atoms in total. The number of benzene rings is 2. The van der Waals surface area contributed by atoms with Crippen LogP contribution in [0, 0.1) is 20.2 Å². The predicted octanol–water partition coefficient (Wildman–Crippen LogP) is 3.32. The van der Waals surface area contributed by atoms with Gasteiger partial charge in [-0.1, -0.05) is 0 Å². The minimum absolute atomic E-state index is 0.0541. The van der Waals surface area contributed by atoms with E-state index in [-0.39, 0.29) is 11.4 Å². The van der Waals surface area contributed by atoms with E-state index in [2.05, 4.69) is 10.5 Å². The molecule has 1 aliphatic rings. The molecule has 0 unspecified atom stereocenters. The average molecular weight is 455 g/mol. The average Bonchev–Trinajstić information content (AvgIpc) is 3.23. The smallest absolute Gasteiger partial charge is 0.281 e. The highest BCUT2D eigenvalue weighted by atomic mass is 32.1. The SMILES string of the molecule is O=C(N/N=C/c1cc([N+](=O)[O-])ccc1N1CCOCC1)c1cc2cc([N+](=O)[O-])ccc2s1. The Morgan fingerprint density at radius 2 is 1.75 bits per heavy atom. The fourth-order valence-electron chi connectivity index (χ4n) is 3.32. The monoisotopic (exact) mass is 455 g/mol. The number of nitrogens with zero attached hydrogens (tertiary/aromatic N) is 4. The summed E-state index contributed by atoms with van der Waals surface area (Å²) in [6.07, 6.45) is 1.37. The van der Waals surface area contributed by atoms with E-state index in [1.165, 1.54) is 41.8 Å². The number of fused-ring (bicyclic) bond motifs is 1. The number of nitro groups is 2. The molecule has 12 heteroatoms. The van der Waals surface area contributed by atoms with Crippen LogP contribution in [0.15, 0.2) is 47.6 Å². The third-order valence-electron chi connectivity index (χ3n) is 4.88. The molecule has 2 heterocycles. The summed E-state index contributed by atoms with van der Waals surface area (Å²) >= 11 is 1.18. The van der Waals surface area contributed by atoms with Crippen LogP contribution in [0.25, 0.3) is 10.1 Å². The van der Waals surface area contributed by atoms with Crippen molar-refractivity contribution >= 4 is 50.6 Å². The molecule has 0 aliphatic carbocycles. The first kappa shape index (κ1) is 21.3. The van der Waals surface area contributed by atoms with Crippen LogP contribution in [0.5, 0.6) is 0 Å². The van der Waals surface area contributed by atoms with Crippen molar-refractivity contribution in [3.63, 3.8) is 0 Å². The van der Waals surface area contributed by atoms with Gasteiger partial charge in [0.05, 0.1) is 34.2 Å². The molecule has 1 fully saturated rings. The quantitative estimate of drug-likeness (QED) is 0.341. The highest BCUT2D eigenvalue weighted by Gasteiger charge is 2.18. The van der Waals surface area contributed by atoms with Gasteiger partial charge in [-0.25, -0.2) is 5.43 Å². The van der Waals surface area contributed by atoms with Crippen LogP contribution in [-0.2, 0) is 4.74 Å². The normalized spacial score (nSPS) is 14.1. The lowest BCUT2D eigenvalue weighted by Gasteiger charge is -2.29. The topological polar surface area (TPSA) is 140 Å². The summed E-state index contributed by atoms with van der Waals surface area (Å²) < 4.78 is 6.09. The van der Waals surface area contributed by atoms with Crippen LogP contribution in [-0.4, -0.2) is 48.3 Å². The predicted molar refractivity (Wildman–Crippen MR) is 120 cm³/mol. The largest absolute Gasteiger partial charge is 0.378 e. The molecule has 3 aromatic rings. The van der Waals surface area contributed by atoms with E-state index in [1.54, 1.807) is 18.2 Å². The molecule has 0 radical (unpaired) electrons. The number of nitro benzene ring substituents is 2. The number of ether oxygens (including phenoxy) is 1. The van der Waals surface area contributed by atoms with E-state index in [0.29, 0.717) is 42.1 Å². The van der Waals surface area contributed by atoms with Crippen LogP contribution in [0.1, 0.15) is 15.2 Å². The highest BCUT2D eigenvalue weighted by molar-refractivity contribution is 7.20. The second kappa shape index (κ2) is 9.08. The minimum Gasteiger partial charge on any atom is -0.378 e. The zero-order valence-electron chi connectivity index (χ0n) is 16.6. The van der Waals surface area contributed by atoms with Crippen LogP contribution >= 0.6 is 11.3 Å². The van der Waals surface area contributed by atoms with E-state index in [9.17, 15) is 25.0 Å². The molecule has 1 aromatic heterocycles. The van der Waals surface area contributed by atoms with Crippen molar-refractivity contribution in [3.8, 4) is 0 Å². The molecule has 0 saturated carbocycles. The lowest BCUT2D eigenvalue weighted by molar-refractivity contribution is -0.385. The third kappa shape index (κ3) is 4.55. The summed E-state index contributed by atoms with van der Waals surface area (Å²) in [6, 6.07) is 10.4. The number of anilines is 1. The summed E-state index contributed by atoms with van der Waals surface area (Å²) in [5.74, 6) is -0.483. The molecule has 2 aromatic carbocycles. The van der Waals surface area contributed by atoms with Crippen LogP contribution < -0.4 is 10.3 Å². The van der Waals surface area contributed by atoms with Gasteiger partial charge in [0.15, 0.2) is 0 Å². The Balaban J connectivity index is 1.54. The third-order valence-corrected chi connectivity index (χ3v) is 5.99. The van der Waals surface area contributed by atoms with Crippen molar-refractivity contribution in [3.05, 3.63) is 73.1 Å². The van der Waals surface area contributed by atoms with Crippen molar-refractivity contribution in [2.75, 3.05) is 31.2 Å². The number of nitrogens with one attached hydrogen (secondary N) is 1. The summed E-state index contributed by atoms with van der Waals surface area (Å²) in [6.45, 7) is 2.38. The molecular formula is C20H17N5O6S. The first-order valence-electron chi connectivity index (χ1n) is 9.55. The first-order chi connectivity index (χ1) is 15.4. The van der Waals surface area contributed by atoms with Crippen molar-refractivity contribution in [1.29, 1.82) is 0 Å². The second-order valence-electron chi connectivity index (χ2n) is 6.89. The number of hydrazone groups is 1. The van der Waals surface area contributed by atoms with E-state index < -0.39 is 15.8 Å². The van der Waals surface area contributed by atoms with Gasteiger partial charge in [-0.2, -0.15) is 5.10 Å². The zero-order chi connectivity index (χ0) is 22.7. The van der Waals surface area contributed by atoms with Crippen LogP contribution in [0.2, 0.25) is 0 Å². The summed E-state index contributed by atoms with van der Waals surface area (Å²) in [4.78, 5) is 36.0. The van der Waals surface area contributed by atoms with Crippen molar-refractivity contribution in [1.82, 2.24) is 5.43 Å².